The minimum atomic E-state index is -4.42. The number of nitrogens with zero attached hydrogens (tertiary/aromatic N) is 1. The van der Waals surface area contributed by atoms with Gasteiger partial charge in [-0.05, 0) is 29.8 Å². The molecule has 21 heavy (non-hydrogen) atoms. The molecule has 1 aromatic carbocycles. The van der Waals surface area contributed by atoms with Crippen molar-refractivity contribution < 1.29 is 13.2 Å². The molecule has 2 rings (SSSR count). The highest BCUT2D eigenvalue weighted by molar-refractivity contribution is 6.31. The lowest BCUT2D eigenvalue weighted by Gasteiger charge is -2.13. The van der Waals surface area contributed by atoms with Crippen LogP contribution in [0.2, 0.25) is 5.02 Å². The minimum absolute atomic E-state index is 0.0295. The molecule has 0 amide bonds. The number of pyridine rings is 1. The molecule has 0 aliphatic rings. The zero-order valence-electron chi connectivity index (χ0n) is 11.3. The fourth-order valence-corrected chi connectivity index (χ4v) is 2.24. The van der Waals surface area contributed by atoms with E-state index >= 15 is 0 Å². The summed E-state index contributed by atoms with van der Waals surface area (Å²) < 4.78 is 39.0. The number of hydrogen-bond acceptors (Lipinski definition) is 2. The van der Waals surface area contributed by atoms with E-state index in [2.05, 4.69) is 10.3 Å². The zero-order valence-corrected chi connectivity index (χ0v) is 12.1. The van der Waals surface area contributed by atoms with Crippen LogP contribution in [0.4, 0.5) is 13.2 Å². The van der Waals surface area contributed by atoms with Gasteiger partial charge >= 0.3 is 6.18 Å². The van der Waals surface area contributed by atoms with Crippen molar-refractivity contribution in [2.75, 3.05) is 6.54 Å². The molecule has 0 radical (unpaired) electrons. The highest BCUT2D eigenvalue weighted by Crippen LogP contribution is 2.37. The van der Waals surface area contributed by atoms with Gasteiger partial charge in [-0.15, -0.1) is 0 Å². The molecule has 112 valence electrons. The van der Waals surface area contributed by atoms with E-state index in [4.69, 9.17) is 11.6 Å². The van der Waals surface area contributed by atoms with E-state index in [9.17, 15) is 13.2 Å². The first kappa shape index (κ1) is 15.8. The predicted molar refractivity (Wildman–Crippen MR) is 77.1 cm³/mol. The first-order valence-corrected chi connectivity index (χ1v) is 6.82. The van der Waals surface area contributed by atoms with Gasteiger partial charge in [0.2, 0.25) is 0 Å². The van der Waals surface area contributed by atoms with Crippen LogP contribution in [0.5, 0.6) is 0 Å². The van der Waals surface area contributed by atoms with Gasteiger partial charge in [-0.1, -0.05) is 30.7 Å². The Morgan fingerprint density at radius 2 is 2.00 bits per heavy atom. The van der Waals surface area contributed by atoms with E-state index in [1.807, 2.05) is 6.92 Å². The van der Waals surface area contributed by atoms with Gasteiger partial charge in [0, 0.05) is 29.5 Å². The van der Waals surface area contributed by atoms with Gasteiger partial charge in [-0.25, -0.2) is 0 Å². The highest BCUT2D eigenvalue weighted by atomic mass is 35.5. The molecule has 0 bridgehead atoms. The summed E-state index contributed by atoms with van der Waals surface area (Å²) in [7, 11) is 0. The molecule has 1 heterocycles. The summed E-state index contributed by atoms with van der Waals surface area (Å²) in [5.74, 6) is 0. The van der Waals surface area contributed by atoms with Crippen LogP contribution in [0, 0.1) is 0 Å². The normalized spacial score (nSPS) is 11.7. The Labute approximate surface area is 126 Å². The fourth-order valence-electron chi connectivity index (χ4n) is 1.99. The van der Waals surface area contributed by atoms with Crippen molar-refractivity contribution in [2.45, 2.75) is 19.6 Å². The minimum Gasteiger partial charge on any atom is -0.313 e. The Balaban J connectivity index is 2.42. The quantitative estimate of drug-likeness (QED) is 0.897. The predicted octanol–water partition coefficient (Wildman–Crippen LogP) is 4.53. The Hall–Kier alpha value is -1.59. The number of aromatic nitrogens is 1. The largest absolute Gasteiger partial charge is 0.417 e. The number of alkyl halides is 3. The number of benzene rings is 1. The van der Waals surface area contributed by atoms with E-state index in [0.717, 1.165) is 24.4 Å². The van der Waals surface area contributed by atoms with Crippen LogP contribution < -0.4 is 5.32 Å². The van der Waals surface area contributed by atoms with E-state index < -0.39 is 11.7 Å². The molecule has 0 aliphatic heterocycles. The SMILES string of the molecule is CCNCc1ccc(-c2cnccc2C(F)(F)F)cc1Cl. The molecule has 0 atom stereocenters. The average molecular weight is 315 g/mol. The molecule has 2 nitrogen and oxygen atoms in total. The van der Waals surface area contributed by atoms with E-state index in [1.165, 1.54) is 6.20 Å². The third-order valence-electron chi connectivity index (χ3n) is 3.06. The smallest absolute Gasteiger partial charge is 0.313 e. The van der Waals surface area contributed by atoms with Gasteiger partial charge in [-0.2, -0.15) is 13.2 Å². The molecular weight excluding hydrogens is 301 g/mol. The Morgan fingerprint density at radius 3 is 2.62 bits per heavy atom. The van der Waals surface area contributed by atoms with Gasteiger partial charge < -0.3 is 5.32 Å². The lowest BCUT2D eigenvalue weighted by Crippen LogP contribution is -2.12. The van der Waals surface area contributed by atoms with Crippen molar-refractivity contribution in [1.82, 2.24) is 10.3 Å². The van der Waals surface area contributed by atoms with Crippen LogP contribution in [-0.2, 0) is 12.7 Å². The molecule has 1 N–H and O–H groups in total. The Morgan fingerprint density at radius 1 is 1.24 bits per heavy atom. The summed E-state index contributed by atoms with van der Waals surface area (Å²) in [5.41, 5.74) is 0.565. The molecule has 0 spiro atoms. The van der Waals surface area contributed by atoms with Crippen molar-refractivity contribution in [3.8, 4) is 11.1 Å². The molecule has 1 aromatic heterocycles. The standard InChI is InChI=1S/C15H14ClF3N2/c1-2-20-8-11-4-3-10(7-14(11)16)12-9-21-6-5-13(12)15(17,18)19/h3-7,9,20H,2,8H2,1H3. The summed E-state index contributed by atoms with van der Waals surface area (Å²) in [6, 6.07) is 5.87. The molecule has 2 aromatic rings. The molecule has 0 saturated heterocycles. The number of rotatable bonds is 4. The van der Waals surface area contributed by atoms with Crippen LogP contribution in [0.1, 0.15) is 18.1 Å². The van der Waals surface area contributed by atoms with Crippen LogP contribution in [0.15, 0.2) is 36.7 Å². The molecule has 6 heteroatoms. The summed E-state index contributed by atoms with van der Waals surface area (Å²) in [4.78, 5) is 3.78. The number of halogens is 4. The van der Waals surface area contributed by atoms with Crippen molar-refractivity contribution in [2.24, 2.45) is 0 Å². The zero-order chi connectivity index (χ0) is 15.5. The van der Waals surface area contributed by atoms with Gasteiger partial charge in [-0.3, -0.25) is 4.98 Å². The number of nitrogens with one attached hydrogen (secondary N) is 1. The van der Waals surface area contributed by atoms with Crippen molar-refractivity contribution in [3.63, 3.8) is 0 Å². The van der Waals surface area contributed by atoms with Gasteiger partial charge in [0.05, 0.1) is 5.56 Å². The monoisotopic (exact) mass is 314 g/mol. The maximum absolute atomic E-state index is 13.0. The van der Waals surface area contributed by atoms with E-state index in [1.54, 1.807) is 18.2 Å². The maximum Gasteiger partial charge on any atom is 0.417 e. The van der Waals surface area contributed by atoms with Gasteiger partial charge in [0.25, 0.3) is 0 Å². The lowest BCUT2D eigenvalue weighted by molar-refractivity contribution is -0.137. The van der Waals surface area contributed by atoms with Crippen molar-refractivity contribution in [1.29, 1.82) is 0 Å². The Bertz CT molecular complexity index is 627. The third-order valence-corrected chi connectivity index (χ3v) is 3.41. The van der Waals surface area contributed by atoms with E-state index in [0.29, 0.717) is 17.1 Å². The van der Waals surface area contributed by atoms with Crippen LogP contribution >= 0.6 is 11.6 Å². The molecular formula is C15H14ClF3N2. The maximum atomic E-state index is 13.0. The van der Waals surface area contributed by atoms with Crippen molar-refractivity contribution in [3.05, 3.63) is 52.8 Å². The summed E-state index contributed by atoms with van der Waals surface area (Å²) in [5, 5.41) is 3.56. The second kappa shape index (κ2) is 6.45. The van der Waals surface area contributed by atoms with Crippen LogP contribution in [-0.4, -0.2) is 11.5 Å². The topological polar surface area (TPSA) is 24.9 Å². The third kappa shape index (κ3) is 3.74. The van der Waals surface area contributed by atoms with Gasteiger partial charge in [0.15, 0.2) is 0 Å². The second-order valence-electron chi connectivity index (χ2n) is 4.51. The summed E-state index contributed by atoms with van der Waals surface area (Å²) >= 11 is 6.14. The molecule has 0 saturated carbocycles. The molecule has 0 fully saturated rings. The van der Waals surface area contributed by atoms with Gasteiger partial charge in [0.1, 0.15) is 0 Å². The molecule has 0 unspecified atom stereocenters. The van der Waals surface area contributed by atoms with Crippen LogP contribution in [0.3, 0.4) is 0 Å². The number of hydrogen-bond donors (Lipinski definition) is 1. The second-order valence-corrected chi connectivity index (χ2v) is 4.91. The van der Waals surface area contributed by atoms with Crippen LogP contribution in [0.25, 0.3) is 11.1 Å². The van der Waals surface area contributed by atoms with E-state index in [-0.39, 0.29) is 5.56 Å². The molecule has 0 aliphatic carbocycles. The Kier molecular flexibility index (Phi) is 4.85. The fraction of sp³-hybridized carbons (Fsp3) is 0.267. The highest BCUT2D eigenvalue weighted by Gasteiger charge is 2.33. The average Bonchev–Trinajstić information content (AvgIpc) is 2.45. The summed E-state index contributed by atoms with van der Waals surface area (Å²) in [6.45, 7) is 3.33. The van der Waals surface area contributed by atoms with Crippen molar-refractivity contribution >= 4 is 11.6 Å². The first-order valence-electron chi connectivity index (χ1n) is 6.44. The lowest BCUT2D eigenvalue weighted by atomic mass is 10.0. The first-order chi connectivity index (χ1) is 9.93. The summed E-state index contributed by atoms with van der Waals surface area (Å²) in [6.07, 6.45) is -2.08.